The van der Waals surface area contributed by atoms with Gasteiger partial charge >= 0.3 is 5.97 Å². The fraction of sp³-hybridized carbons (Fsp3) is 0.417. The zero-order valence-electron chi connectivity index (χ0n) is 10.7. The third-order valence-electron chi connectivity index (χ3n) is 3.10. The van der Waals surface area contributed by atoms with E-state index in [2.05, 4.69) is 5.32 Å². The number of carboxylic acids is 1. The van der Waals surface area contributed by atoms with Gasteiger partial charge in [-0.25, -0.2) is 18.4 Å². The number of rotatable bonds is 5. The Morgan fingerprint density at radius 2 is 2.10 bits per heavy atom. The molecule has 2 unspecified atom stereocenters. The van der Waals surface area contributed by atoms with E-state index in [1.165, 1.54) is 6.07 Å². The van der Waals surface area contributed by atoms with E-state index in [9.17, 15) is 13.2 Å². The van der Waals surface area contributed by atoms with Crippen LogP contribution in [0.3, 0.4) is 0 Å². The number of anilines is 1. The maximum Gasteiger partial charge on any atom is 0.332 e. The molecular weight excluding hydrogens is 284 g/mol. The molecule has 1 fully saturated rings. The Balaban J connectivity index is 2.01. The van der Waals surface area contributed by atoms with Crippen molar-refractivity contribution in [1.29, 1.82) is 0 Å². The monoisotopic (exact) mass is 300 g/mol. The molecule has 0 spiro atoms. The Labute approximate surface area is 116 Å². The summed E-state index contributed by atoms with van der Waals surface area (Å²) in [6.45, 7) is 0.330. The van der Waals surface area contributed by atoms with Crippen molar-refractivity contribution in [3.8, 4) is 0 Å². The third-order valence-corrected chi connectivity index (χ3v) is 4.07. The highest BCUT2D eigenvalue weighted by Gasteiger charge is 2.30. The first kappa shape index (κ1) is 14.8. The molecule has 110 valence electrons. The number of para-hydroxylation sites is 1. The molecule has 1 aromatic carbocycles. The van der Waals surface area contributed by atoms with Crippen LogP contribution in [0.5, 0.6) is 0 Å². The second kappa shape index (κ2) is 5.78. The van der Waals surface area contributed by atoms with Gasteiger partial charge in [0.1, 0.15) is 4.90 Å². The Kier molecular flexibility index (Phi) is 4.26. The van der Waals surface area contributed by atoms with Gasteiger partial charge in [-0.2, -0.15) is 0 Å². The van der Waals surface area contributed by atoms with Crippen LogP contribution in [0.2, 0.25) is 0 Å². The predicted molar refractivity (Wildman–Crippen MR) is 71.8 cm³/mol. The van der Waals surface area contributed by atoms with Crippen molar-refractivity contribution in [2.45, 2.75) is 29.9 Å². The Bertz CT molecular complexity index is 602. The minimum atomic E-state index is -3.80. The number of sulfonamides is 1. The van der Waals surface area contributed by atoms with Crippen LogP contribution in [-0.4, -0.2) is 38.2 Å². The molecule has 1 aliphatic heterocycles. The molecule has 20 heavy (non-hydrogen) atoms. The minimum Gasteiger partial charge on any atom is -0.479 e. The summed E-state index contributed by atoms with van der Waals surface area (Å²) in [5.41, 5.74) is 0.386. The van der Waals surface area contributed by atoms with Crippen molar-refractivity contribution < 1.29 is 23.1 Å². The van der Waals surface area contributed by atoms with E-state index in [1.54, 1.807) is 18.2 Å². The summed E-state index contributed by atoms with van der Waals surface area (Å²) in [7, 11) is -3.80. The summed E-state index contributed by atoms with van der Waals surface area (Å²) in [6, 6.07) is 6.28. The molecule has 0 amide bonds. The second-order valence-electron chi connectivity index (χ2n) is 4.58. The Morgan fingerprint density at radius 3 is 2.70 bits per heavy atom. The molecule has 2 rings (SSSR count). The summed E-state index contributed by atoms with van der Waals surface area (Å²) < 4.78 is 28.2. The van der Waals surface area contributed by atoms with Gasteiger partial charge in [-0.1, -0.05) is 12.1 Å². The van der Waals surface area contributed by atoms with Crippen molar-refractivity contribution in [2.75, 3.05) is 11.9 Å². The van der Waals surface area contributed by atoms with Crippen molar-refractivity contribution in [3.63, 3.8) is 0 Å². The van der Waals surface area contributed by atoms with Gasteiger partial charge in [0.2, 0.25) is 10.0 Å². The standard InChI is InChI=1S/C12H16N2O5S/c13-20(17,18)11-4-2-1-3-9(11)14-7-8-5-6-10(19-8)12(15)16/h1-4,8,10,14H,5-7H2,(H,15,16)(H2,13,17,18). The van der Waals surface area contributed by atoms with Crippen LogP contribution >= 0.6 is 0 Å². The van der Waals surface area contributed by atoms with Crippen LogP contribution in [0, 0.1) is 0 Å². The van der Waals surface area contributed by atoms with E-state index in [0.29, 0.717) is 25.1 Å². The summed E-state index contributed by atoms with van der Waals surface area (Å²) in [4.78, 5) is 10.8. The van der Waals surface area contributed by atoms with Gasteiger partial charge in [0, 0.05) is 6.54 Å². The molecular formula is C12H16N2O5S. The molecule has 4 N–H and O–H groups in total. The Morgan fingerprint density at radius 1 is 1.40 bits per heavy atom. The number of nitrogens with one attached hydrogen (secondary N) is 1. The lowest BCUT2D eigenvalue weighted by molar-refractivity contribution is -0.149. The van der Waals surface area contributed by atoms with Gasteiger partial charge < -0.3 is 15.2 Å². The summed E-state index contributed by atoms with van der Waals surface area (Å²) in [5.74, 6) is -0.975. The first-order valence-electron chi connectivity index (χ1n) is 6.12. The molecule has 1 heterocycles. The number of carboxylic acid groups (broad SMARTS) is 1. The molecule has 0 aliphatic carbocycles. The number of aliphatic carboxylic acids is 1. The molecule has 0 saturated carbocycles. The number of benzene rings is 1. The highest BCUT2D eigenvalue weighted by molar-refractivity contribution is 7.89. The van der Waals surface area contributed by atoms with Gasteiger partial charge in [0.15, 0.2) is 6.10 Å². The van der Waals surface area contributed by atoms with Crippen molar-refractivity contribution in [1.82, 2.24) is 0 Å². The van der Waals surface area contributed by atoms with Crippen LogP contribution in [-0.2, 0) is 19.6 Å². The third kappa shape index (κ3) is 3.47. The van der Waals surface area contributed by atoms with Crippen molar-refractivity contribution >= 4 is 21.7 Å². The zero-order valence-corrected chi connectivity index (χ0v) is 11.5. The normalized spacial score (nSPS) is 22.6. The molecule has 0 radical (unpaired) electrons. The van der Waals surface area contributed by atoms with Crippen LogP contribution in [0.4, 0.5) is 5.69 Å². The maximum absolute atomic E-state index is 11.4. The first-order chi connectivity index (χ1) is 9.38. The summed E-state index contributed by atoms with van der Waals surface area (Å²) in [6.07, 6.45) is 0.0277. The average Bonchev–Trinajstić information content (AvgIpc) is 2.84. The van der Waals surface area contributed by atoms with Gasteiger partial charge in [-0.3, -0.25) is 0 Å². The second-order valence-corrected chi connectivity index (χ2v) is 6.11. The van der Waals surface area contributed by atoms with Crippen LogP contribution in [0.1, 0.15) is 12.8 Å². The molecule has 8 heteroatoms. The SMILES string of the molecule is NS(=O)(=O)c1ccccc1NCC1CCC(C(=O)O)O1. The number of hydrogen-bond donors (Lipinski definition) is 3. The van der Waals surface area contributed by atoms with Gasteiger partial charge in [0.25, 0.3) is 0 Å². The molecule has 0 bridgehead atoms. The lowest BCUT2D eigenvalue weighted by Gasteiger charge is -2.15. The summed E-state index contributed by atoms with van der Waals surface area (Å²) >= 11 is 0. The quantitative estimate of drug-likeness (QED) is 0.723. The fourth-order valence-corrected chi connectivity index (χ4v) is 2.84. The molecule has 1 saturated heterocycles. The van der Waals surface area contributed by atoms with Crippen molar-refractivity contribution in [2.24, 2.45) is 5.14 Å². The van der Waals surface area contributed by atoms with Crippen LogP contribution in [0.25, 0.3) is 0 Å². The minimum absolute atomic E-state index is 0.00721. The molecule has 7 nitrogen and oxygen atoms in total. The number of nitrogens with two attached hydrogens (primary N) is 1. The van der Waals surface area contributed by atoms with E-state index < -0.39 is 22.1 Å². The van der Waals surface area contributed by atoms with Crippen molar-refractivity contribution in [3.05, 3.63) is 24.3 Å². The average molecular weight is 300 g/mol. The number of ether oxygens (including phenoxy) is 1. The predicted octanol–water partition coefficient (Wildman–Crippen LogP) is 0.378. The molecule has 1 aliphatic rings. The fourth-order valence-electron chi connectivity index (χ4n) is 2.12. The highest BCUT2D eigenvalue weighted by atomic mass is 32.2. The smallest absolute Gasteiger partial charge is 0.332 e. The van der Waals surface area contributed by atoms with E-state index in [1.807, 2.05) is 0 Å². The maximum atomic E-state index is 11.4. The Hall–Kier alpha value is -1.64. The lowest BCUT2D eigenvalue weighted by Crippen LogP contribution is -2.25. The highest BCUT2D eigenvalue weighted by Crippen LogP contribution is 2.23. The van der Waals surface area contributed by atoms with E-state index in [0.717, 1.165) is 0 Å². The van der Waals surface area contributed by atoms with Gasteiger partial charge in [0.05, 0.1) is 11.8 Å². The lowest BCUT2D eigenvalue weighted by atomic mass is 10.2. The molecule has 0 aromatic heterocycles. The number of carbonyl (C=O) groups is 1. The van der Waals surface area contributed by atoms with E-state index in [4.69, 9.17) is 15.0 Å². The topological polar surface area (TPSA) is 119 Å². The zero-order chi connectivity index (χ0) is 14.8. The van der Waals surface area contributed by atoms with Gasteiger partial charge in [-0.05, 0) is 25.0 Å². The van der Waals surface area contributed by atoms with Crippen LogP contribution < -0.4 is 10.5 Å². The first-order valence-corrected chi connectivity index (χ1v) is 7.66. The molecule has 2 atom stereocenters. The molecule has 1 aromatic rings. The largest absolute Gasteiger partial charge is 0.479 e. The van der Waals surface area contributed by atoms with E-state index in [-0.39, 0.29) is 11.0 Å². The van der Waals surface area contributed by atoms with Gasteiger partial charge in [-0.15, -0.1) is 0 Å². The number of hydrogen-bond acceptors (Lipinski definition) is 5. The van der Waals surface area contributed by atoms with Crippen LogP contribution in [0.15, 0.2) is 29.2 Å². The summed E-state index contributed by atoms with van der Waals surface area (Å²) in [5, 5.41) is 16.9. The number of primary sulfonamides is 1. The van der Waals surface area contributed by atoms with E-state index >= 15 is 0 Å².